The number of benzene rings is 1. The second-order valence-corrected chi connectivity index (χ2v) is 5.78. The van der Waals surface area contributed by atoms with Gasteiger partial charge in [-0.1, -0.05) is 18.2 Å². The first-order valence-corrected chi connectivity index (χ1v) is 7.36. The van der Waals surface area contributed by atoms with Crippen molar-refractivity contribution in [1.82, 2.24) is 19.2 Å². The molecule has 0 amide bonds. The van der Waals surface area contributed by atoms with Crippen LogP contribution in [0.3, 0.4) is 0 Å². The van der Waals surface area contributed by atoms with E-state index in [0.29, 0.717) is 5.52 Å². The average Bonchev–Trinajstić information content (AvgIpc) is 3.07. The number of para-hydroxylation sites is 1. The van der Waals surface area contributed by atoms with Crippen molar-refractivity contribution in [2.45, 2.75) is 20.0 Å². The van der Waals surface area contributed by atoms with Crippen molar-refractivity contribution in [3.8, 4) is 5.82 Å². The molecular weight excluding hydrogens is 317 g/mol. The van der Waals surface area contributed by atoms with Gasteiger partial charge in [-0.05, 0) is 37.1 Å². The molecule has 0 spiro atoms. The predicted molar refractivity (Wildman–Crippen MR) is 84.3 cm³/mol. The zero-order valence-corrected chi connectivity index (χ0v) is 13.0. The number of fused-ring (bicyclic) bond motifs is 2. The summed E-state index contributed by atoms with van der Waals surface area (Å²) in [5.74, 6) is -0.0956. The van der Waals surface area contributed by atoms with Crippen LogP contribution in [0.15, 0.2) is 42.7 Å². The minimum Gasteiger partial charge on any atom is -0.284 e. The van der Waals surface area contributed by atoms with E-state index in [1.54, 1.807) is 24.5 Å². The van der Waals surface area contributed by atoms with Gasteiger partial charge in [0.2, 0.25) is 0 Å². The Morgan fingerprint density at radius 3 is 2.62 bits per heavy atom. The third-order valence-corrected chi connectivity index (χ3v) is 4.02. The highest BCUT2D eigenvalue weighted by molar-refractivity contribution is 5.83. The Bertz CT molecular complexity index is 1070. The van der Waals surface area contributed by atoms with Crippen molar-refractivity contribution in [2.75, 3.05) is 0 Å². The van der Waals surface area contributed by atoms with Crippen molar-refractivity contribution < 1.29 is 13.2 Å². The van der Waals surface area contributed by atoms with Gasteiger partial charge in [0.25, 0.3) is 0 Å². The van der Waals surface area contributed by atoms with Crippen LogP contribution >= 0.6 is 0 Å². The second kappa shape index (κ2) is 4.83. The number of aryl methyl sites for hydroxylation is 2. The van der Waals surface area contributed by atoms with Gasteiger partial charge in [0, 0.05) is 11.6 Å². The van der Waals surface area contributed by atoms with Crippen LogP contribution in [0.1, 0.15) is 16.8 Å². The molecule has 0 saturated carbocycles. The summed E-state index contributed by atoms with van der Waals surface area (Å²) in [7, 11) is 0. The van der Waals surface area contributed by atoms with Gasteiger partial charge in [-0.25, -0.2) is 9.67 Å². The van der Waals surface area contributed by atoms with E-state index in [2.05, 4.69) is 10.1 Å². The lowest BCUT2D eigenvalue weighted by molar-refractivity contribution is -0.140. The van der Waals surface area contributed by atoms with Gasteiger partial charge < -0.3 is 0 Å². The molecule has 0 aliphatic heterocycles. The van der Waals surface area contributed by atoms with Gasteiger partial charge in [0.15, 0.2) is 11.5 Å². The third-order valence-electron chi connectivity index (χ3n) is 4.02. The van der Waals surface area contributed by atoms with E-state index in [4.69, 9.17) is 0 Å². The molecule has 0 fully saturated rings. The lowest BCUT2D eigenvalue weighted by atomic mass is 10.2. The molecule has 122 valence electrons. The fourth-order valence-electron chi connectivity index (χ4n) is 2.94. The SMILES string of the molecule is Cc1ccn2c(-n3ncc4cccc(C)c43)c(C(F)(F)F)nc2c1. The van der Waals surface area contributed by atoms with Crippen molar-refractivity contribution in [1.29, 1.82) is 0 Å². The van der Waals surface area contributed by atoms with Crippen molar-refractivity contribution in [3.63, 3.8) is 0 Å². The van der Waals surface area contributed by atoms with Gasteiger partial charge in [0.05, 0.1) is 11.7 Å². The zero-order chi connectivity index (χ0) is 17.1. The van der Waals surface area contributed by atoms with Gasteiger partial charge >= 0.3 is 6.18 Å². The molecule has 0 bridgehead atoms. The molecule has 24 heavy (non-hydrogen) atoms. The number of imidazole rings is 1. The van der Waals surface area contributed by atoms with Gasteiger partial charge in [0.1, 0.15) is 5.65 Å². The fourth-order valence-corrected chi connectivity index (χ4v) is 2.94. The first-order valence-electron chi connectivity index (χ1n) is 7.36. The van der Waals surface area contributed by atoms with E-state index in [1.165, 1.54) is 9.08 Å². The number of hydrogen-bond donors (Lipinski definition) is 0. The van der Waals surface area contributed by atoms with Crippen molar-refractivity contribution in [3.05, 3.63) is 59.5 Å². The molecule has 0 N–H and O–H groups in total. The maximum Gasteiger partial charge on any atom is 0.437 e. The lowest BCUT2D eigenvalue weighted by Crippen LogP contribution is -2.12. The Morgan fingerprint density at radius 1 is 1.08 bits per heavy atom. The minimum absolute atomic E-state index is 0.0956. The lowest BCUT2D eigenvalue weighted by Gasteiger charge is -2.10. The van der Waals surface area contributed by atoms with Crippen LogP contribution in [0.25, 0.3) is 22.4 Å². The number of pyridine rings is 1. The summed E-state index contributed by atoms with van der Waals surface area (Å²) in [6, 6.07) is 8.90. The first kappa shape index (κ1) is 14.7. The second-order valence-electron chi connectivity index (χ2n) is 5.78. The van der Waals surface area contributed by atoms with Crippen LogP contribution in [0, 0.1) is 13.8 Å². The molecule has 1 aromatic carbocycles. The molecule has 4 rings (SSSR count). The largest absolute Gasteiger partial charge is 0.437 e. The summed E-state index contributed by atoms with van der Waals surface area (Å²) in [5.41, 5.74) is 1.63. The number of aromatic nitrogens is 4. The van der Waals surface area contributed by atoms with Gasteiger partial charge in [-0.15, -0.1) is 0 Å². The molecule has 0 radical (unpaired) electrons. The van der Waals surface area contributed by atoms with Crippen LogP contribution in [0.2, 0.25) is 0 Å². The van der Waals surface area contributed by atoms with Gasteiger partial charge in [-0.2, -0.15) is 18.3 Å². The average molecular weight is 330 g/mol. The molecule has 0 aliphatic rings. The fraction of sp³-hybridized carbons (Fsp3) is 0.176. The molecule has 0 unspecified atom stereocenters. The highest BCUT2D eigenvalue weighted by Gasteiger charge is 2.39. The topological polar surface area (TPSA) is 35.1 Å². The number of halogens is 3. The molecule has 7 heteroatoms. The summed E-state index contributed by atoms with van der Waals surface area (Å²) in [6.45, 7) is 3.66. The number of rotatable bonds is 1. The monoisotopic (exact) mass is 330 g/mol. The molecule has 0 aliphatic carbocycles. The molecular formula is C17H13F3N4. The molecule has 4 aromatic rings. The third kappa shape index (κ3) is 2.08. The van der Waals surface area contributed by atoms with Crippen molar-refractivity contribution >= 4 is 16.6 Å². The summed E-state index contributed by atoms with van der Waals surface area (Å²) < 4.78 is 43.4. The van der Waals surface area contributed by atoms with Crippen LogP contribution in [0.4, 0.5) is 13.2 Å². The van der Waals surface area contributed by atoms with Crippen LogP contribution in [0.5, 0.6) is 0 Å². The highest BCUT2D eigenvalue weighted by atomic mass is 19.4. The van der Waals surface area contributed by atoms with Gasteiger partial charge in [-0.3, -0.25) is 4.40 Å². The van der Waals surface area contributed by atoms with E-state index in [9.17, 15) is 13.2 Å². The van der Waals surface area contributed by atoms with E-state index in [1.807, 2.05) is 32.0 Å². The zero-order valence-electron chi connectivity index (χ0n) is 13.0. The van der Waals surface area contributed by atoms with E-state index in [-0.39, 0.29) is 11.5 Å². The minimum atomic E-state index is -4.57. The molecule has 0 saturated heterocycles. The van der Waals surface area contributed by atoms with Crippen LogP contribution in [-0.2, 0) is 6.18 Å². The van der Waals surface area contributed by atoms with E-state index in [0.717, 1.165) is 16.5 Å². The molecule has 3 aromatic heterocycles. The number of nitrogens with zero attached hydrogens (tertiary/aromatic N) is 4. The summed E-state index contributed by atoms with van der Waals surface area (Å²) >= 11 is 0. The Kier molecular flexibility index (Phi) is 2.97. The first-order chi connectivity index (χ1) is 11.4. The maximum atomic E-state index is 13.6. The van der Waals surface area contributed by atoms with Crippen LogP contribution in [-0.4, -0.2) is 19.2 Å². The molecule has 3 heterocycles. The summed E-state index contributed by atoms with van der Waals surface area (Å²) in [5, 5.41) is 4.98. The van der Waals surface area contributed by atoms with Crippen molar-refractivity contribution in [2.24, 2.45) is 0 Å². The quantitative estimate of drug-likeness (QED) is 0.521. The summed E-state index contributed by atoms with van der Waals surface area (Å²) in [4.78, 5) is 3.81. The predicted octanol–water partition coefficient (Wildman–Crippen LogP) is 4.31. The number of alkyl halides is 3. The van der Waals surface area contributed by atoms with Crippen LogP contribution < -0.4 is 0 Å². The Labute approximate surface area is 135 Å². The number of hydrogen-bond acceptors (Lipinski definition) is 2. The standard InChI is InChI=1S/C17H13F3N4/c1-10-6-7-23-13(8-10)22-15(17(18,19)20)16(23)24-14-11(2)4-3-5-12(14)9-21-24/h3-9H,1-2H3. The smallest absolute Gasteiger partial charge is 0.284 e. The van der Waals surface area contributed by atoms with E-state index < -0.39 is 11.9 Å². The Morgan fingerprint density at radius 2 is 1.88 bits per heavy atom. The summed E-state index contributed by atoms with van der Waals surface area (Å²) in [6.07, 6.45) is -1.42. The van der Waals surface area contributed by atoms with E-state index >= 15 is 0 Å². The maximum absolute atomic E-state index is 13.6. The molecule has 0 atom stereocenters. The molecule has 4 nitrogen and oxygen atoms in total. The highest BCUT2D eigenvalue weighted by Crippen LogP contribution is 2.35. The normalized spacial score (nSPS) is 12.4. The Balaban J connectivity index is 2.15. The Hall–Kier alpha value is -2.83.